The number of carbonyl (C=O) groups is 1. The molecule has 2 saturated carbocycles. The highest BCUT2D eigenvalue weighted by Gasteiger charge is 2.57. The molecule has 0 amide bonds. The lowest BCUT2D eigenvalue weighted by molar-refractivity contribution is -0.355. The maximum absolute atomic E-state index is 11.9. The molecule has 2 aliphatic carbocycles. The summed E-state index contributed by atoms with van der Waals surface area (Å²) in [6, 6.07) is 0. The molecule has 0 radical (unpaired) electrons. The van der Waals surface area contributed by atoms with Crippen LogP contribution < -0.4 is 0 Å². The van der Waals surface area contributed by atoms with Crippen LogP contribution in [0.2, 0.25) is 0 Å². The van der Waals surface area contributed by atoms with E-state index in [0.29, 0.717) is 12.8 Å². The molecule has 3 heterocycles. The van der Waals surface area contributed by atoms with E-state index in [1.807, 2.05) is 6.92 Å². The second-order valence-electron chi connectivity index (χ2n) is 11.6. The Hall–Kier alpha value is -0.970. The zero-order valence-corrected chi connectivity index (χ0v) is 22.2. The molecule has 5 fully saturated rings. The summed E-state index contributed by atoms with van der Waals surface area (Å²) in [4.78, 5) is 11.9. The minimum atomic E-state index is -1.47. The van der Waals surface area contributed by atoms with Crippen LogP contribution in [0.5, 0.6) is 0 Å². The number of fused-ring (bicyclic) bond motifs is 2. The van der Waals surface area contributed by atoms with E-state index in [1.54, 1.807) is 6.92 Å². The topological polar surface area (TPSA) is 194 Å². The second-order valence-corrected chi connectivity index (χ2v) is 11.6. The zero-order chi connectivity index (χ0) is 28.0. The summed E-state index contributed by atoms with van der Waals surface area (Å²) in [6.45, 7) is 3.32. The first-order chi connectivity index (χ1) is 18.6. The van der Waals surface area contributed by atoms with Crippen molar-refractivity contribution in [2.75, 3.05) is 13.2 Å². The number of hydrogen-bond donors (Lipinski definition) is 6. The molecule has 39 heavy (non-hydrogen) atoms. The number of aliphatic hydroxyl groups is 5. The zero-order valence-electron chi connectivity index (χ0n) is 22.2. The molecule has 13 nitrogen and oxygen atoms in total. The van der Waals surface area contributed by atoms with Crippen molar-refractivity contribution in [1.29, 1.82) is 0 Å². The van der Waals surface area contributed by atoms with Crippen molar-refractivity contribution < 1.29 is 63.9 Å². The molecule has 3 saturated heterocycles. The van der Waals surface area contributed by atoms with Crippen LogP contribution in [0.25, 0.3) is 0 Å². The number of aliphatic carboxylic acids is 1. The highest BCUT2D eigenvalue weighted by molar-refractivity contribution is 5.73. The van der Waals surface area contributed by atoms with Gasteiger partial charge in [0.2, 0.25) is 0 Å². The summed E-state index contributed by atoms with van der Waals surface area (Å²) in [5.74, 6) is -1.27. The molecule has 3 aliphatic heterocycles. The van der Waals surface area contributed by atoms with Crippen LogP contribution >= 0.6 is 0 Å². The Morgan fingerprint density at radius 3 is 2.38 bits per heavy atom. The van der Waals surface area contributed by atoms with E-state index in [1.165, 1.54) is 0 Å². The number of rotatable bonds is 7. The number of carboxylic acid groups (broad SMARTS) is 1. The number of aliphatic hydroxyl groups excluding tert-OH is 5. The third kappa shape index (κ3) is 5.86. The number of carboxylic acids is 1. The van der Waals surface area contributed by atoms with Crippen LogP contribution in [0.4, 0.5) is 0 Å². The van der Waals surface area contributed by atoms with Gasteiger partial charge in [-0.3, -0.25) is 0 Å². The quantitative estimate of drug-likeness (QED) is 0.216. The van der Waals surface area contributed by atoms with Gasteiger partial charge in [-0.25, -0.2) is 4.79 Å². The normalized spacial score (nSPS) is 52.2. The molecule has 0 aromatic carbocycles. The van der Waals surface area contributed by atoms with Crippen LogP contribution in [0.3, 0.4) is 0 Å². The summed E-state index contributed by atoms with van der Waals surface area (Å²) in [5.41, 5.74) is 0. The predicted molar refractivity (Wildman–Crippen MR) is 129 cm³/mol. The van der Waals surface area contributed by atoms with Gasteiger partial charge in [0, 0.05) is 5.92 Å². The molecule has 8 unspecified atom stereocenters. The lowest BCUT2D eigenvalue weighted by atomic mass is 9.82. The van der Waals surface area contributed by atoms with Gasteiger partial charge in [0.05, 0.1) is 31.5 Å². The highest BCUT2D eigenvalue weighted by atomic mass is 16.7. The fourth-order valence-electron chi connectivity index (χ4n) is 6.51. The van der Waals surface area contributed by atoms with Crippen LogP contribution in [0, 0.1) is 17.8 Å². The monoisotopic (exact) mass is 562 g/mol. The minimum absolute atomic E-state index is 0.0179. The Balaban J connectivity index is 1.36. The minimum Gasteiger partial charge on any atom is -0.479 e. The van der Waals surface area contributed by atoms with Crippen LogP contribution in [0.1, 0.15) is 46.0 Å². The predicted octanol–water partition coefficient (Wildman–Crippen LogP) is -1.25. The average molecular weight is 563 g/mol. The molecule has 5 aliphatic rings. The molecule has 16 atom stereocenters. The van der Waals surface area contributed by atoms with Gasteiger partial charge in [-0.05, 0) is 38.0 Å². The molecular weight excluding hydrogens is 520 g/mol. The lowest BCUT2D eigenvalue weighted by Crippen LogP contribution is -2.64. The van der Waals surface area contributed by atoms with E-state index >= 15 is 0 Å². The largest absolute Gasteiger partial charge is 0.479 e. The van der Waals surface area contributed by atoms with Crippen molar-refractivity contribution in [3.63, 3.8) is 0 Å². The summed E-state index contributed by atoms with van der Waals surface area (Å²) in [5, 5.41) is 61.5. The maximum Gasteiger partial charge on any atom is 0.333 e. The molecule has 0 spiro atoms. The Labute approximate surface area is 226 Å². The van der Waals surface area contributed by atoms with Crippen molar-refractivity contribution in [3.05, 3.63) is 0 Å². The van der Waals surface area contributed by atoms with Gasteiger partial charge >= 0.3 is 5.97 Å². The van der Waals surface area contributed by atoms with Crippen LogP contribution in [-0.2, 0) is 33.2 Å². The Morgan fingerprint density at radius 2 is 1.69 bits per heavy atom. The van der Waals surface area contributed by atoms with Crippen molar-refractivity contribution in [2.24, 2.45) is 17.8 Å². The SMILES string of the molecule is CC[C@@H]1CCC[C@@H](O[C@@H]2OC(CO)[C@H](O)C3O[C@@H](C(=O)O)C4CC4COC32)C1O[C@@H]1OC(C)[C@@H](O)C(O)[C@@H]1O. The van der Waals surface area contributed by atoms with Gasteiger partial charge in [-0.1, -0.05) is 19.8 Å². The van der Waals surface area contributed by atoms with E-state index < -0.39 is 92.3 Å². The lowest BCUT2D eigenvalue weighted by Gasteiger charge is -2.48. The average Bonchev–Trinajstić information content (AvgIpc) is 3.66. The van der Waals surface area contributed by atoms with Gasteiger partial charge in [-0.15, -0.1) is 0 Å². The standard InChI is InChI=1S/C26H42O13/c1-3-11-5-4-6-14(20(11)39-25-19(31)18(30)16(28)10(2)35-25)36-26-23-22(17(29)15(8-27)37-26)38-21(24(32)33)13-7-12(13)9-34-23/h10-23,25-31H,3-9H2,1-2H3,(H,32,33)/t10?,11-,12?,13?,14-,15?,16-,17+,18?,19+,20?,21-,22?,23?,25+,26-/m1/s1. The third-order valence-corrected chi connectivity index (χ3v) is 9.04. The maximum atomic E-state index is 11.9. The first-order valence-corrected chi connectivity index (χ1v) is 14.1. The summed E-state index contributed by atoms with van der Waals surface area (Å²) >= 11 is 0. The smallest absolute Gasteiger partial charge is 0.333 e. The third-order valence-electron chi connectivity index (χ3n) is 9.04. The first kappa shape index (κ1) is 29.5. The Bertz CT molecular complexity index is 845. The Kier molecular flexibility index (Phi) is 9.16. The van der Waals surface area contributed by atoms with Gasteiger partial charge in [0.25, 0.3) is 0 Å². The van der Waals surface area contributed by atoms with Gasteiger partial charge in [-0.2, -0.15) is 0 Å². The van der Waals surface area contributed by atoms with Crippen molar-refractivity contribution in [1.82, 2.24) is 0 Å². The van der Waals surface area contributed by atoms with E-state index in [-0.39, 0.29) is 24.4 Å². The van der Waals surface area contributed by atoms with E-state index in [9.17, 15) is 35.4 Å². The fraction of sp³-hybridized carbons (Fsp3) is 0.962. The molecule has 5 rings (SSSR count). The number of ether oxygens (including phenoxy) is 6. The van der Waals surface area contributed by atoms with Crippen LogP contribution in [-0.4, -0.2) is 130 Å². The molecule has 0 aromatic rings. The Morgan fingerprint density at radius 1 is 0.923 bits per heavy atom. The molecule has 6 N–H and O–H groups in total. The first-order valence-electron chi connectivity index (χ1n) is 14.1. The van der Waals surface area contributed by atoms with Crippen molar-refractivity contribution in [3.8, 4) is 0 Å². The molecule has 0 bridgehead atoms. The van der Waals surface area contributed by atoms with Gasteiger partial charge in [0.1, 0.15) is 42.7 Å². The molecular formula is C26H42O13. The van der Waals surface area contributed by atoms with E-state index in [2.05, 4.69) is 0 Å². The van der Waals surface area contributed by atoms with Crippen molar-refractivity contribution in [2.45, 2.75) is 126 Å². The van der Waals surface area contributed by atoms with E-state index in [4.69, 9.17) is 28.4 Å². The highest BCUT2D eigenvalue weighted by Crippen LogP contribution is 2.46. The van der Waals surface area contributed by atoms with Gasteiger partial charge < -0.3 is 59.1 Å². The molecule has 13 heteroatoms. The fourth-order valence-corrected chi connectivity index (χ4v) is 6.51. The van der Waals surface area contributed by atoms with E-state index in [0.717, 1.165) is 19.3 Å². The number of hydrogen-bond acceptors (Lipinski definition) is 12. The second kappa shape index (κ2) is 12.1. The summed E-state index contributed by atoms with van der Waals surface area (Å²) in [6.07, 6.45) is -10.4. The van der Waals surface area contributed by atoms with Crippen LogP contribution in [0.15, 0.2) is 0 Å². The summed E-state index contributed by atoms with van der Waals surface area (Å²) < 4.78 is 36.4. The summed E-state index contributed by atoms with van der Waals surface area (Å²) in [7, 11) is 0. The molecule has 224 valence electrons. The van der Waals surface area contributed by atoms with Crippen molar-refractivity contribution >= 4 is 5.97 Å². The molecule has 0 aromatic heterocycles. The van der Waals surface area contributed by atoms with Gasteiger partial charge in [0.15, 0.2) is 18.7 Å².